The molecule has 0 aromatic carbocycles. The van der Waals surface area contributed by atoms with Crippen molar-refractivity contribution >= 4 is 0 Å². The molecule has 0 saturated carbocycles. The van der Waals surface area contributed by atoms with Crippen molar-refractivity contribution in [1.29, 1.82) is 0 Å². The Morgan fingerprint density at radius 2 is 1.67 bits per heavy atom. The molecular weight excluding hydrogens is 240 g/mol. The van der Waals surface area contributed by atoms with Crippen molar-refractivity contribution in [1.82, 2.24) is 0 Å². The molecule has 3 aliphatic rings. The van der Waals surface area contributed by atoms with Crippen molar-refractivity contribution in [3.8, 4) is 0 Å². The lowest BCUT2D eigenvalue weighted by Gasteiger charge is -2.26. The molecule has 3 heterocycles. The summed E-state index contributed by atoms with van der Waals surface area (Å²) in [6.45, 7) is 7.68. The Balaban J connectivity index is 1.68. The summed E-state index contributed by atoms with van der Waals surface area (Å²) in [7, 11) is 0. The third-order valence-electron chi connectivity index (χ3n) is 3.45. The predicted molar refractivity (Wildman–Crippen MR) is 59.6 cm³/mol. The Hall–Kier alpha value is -0.240. The minimum Gasteiger partial charge on any atom is -0.387 e. The van der Waals surface area contributed by atoms with E-state index in [2.05, 4.69) is 0 Å². The molecule has 104 valence electrons. The molecule has 0 bridgehead atoms. The number of aliphatic hydroxyl groups excluding tert-OH is 1. The number of fused-ring (bicyclic) bond motifs is 1. The van der Waals surface area contributed by atoms with E-state index in [9.17, 15) is 5.11 Å². The smallest absolute Gasteiger partial charge is 0.190 e. The molecule has 0 aromatic rings. The van der Waals surface area contributed by atoms with Gasteiger partial charge in [0, 0.05) is 0 Å². The second-order valence-electron chi connectivity index (χ2n) is 5.93. The fraction of sp³-hybridized carbons (Fsp3) is 1.00. The highest BCUT2D eigenvalue weighted by Crippen LogP contribution is 2.40. The van der Waals surface area contributed by atoms with Crippen LogP contribution < -0.4 is 0 Å². The van der Waals surface area contributed by atoms with Crippen LogP contribution >= 0.6 is 0 Å². The first-order valence-corrected chi connectivity index (χ1v) is 6.28. The number of rotatable bonds is 1. The Bertz CT molecular complexity index is 341. The highest BCUT2D eigenvalue weighted by atomic mass is 16.8. The van der Waals surface area contributed by atoms with Crippen LogP contribution in [0.15, 0.2) is 0 Å². The molecule has 0 amide bonds. The third-order valence-corrected chi connectivity index (χ3v) is 3.45. The third kappa shape index (κ3) is 2.07. The second kappa shape index (κ2) is 3.88. The van der Waals surface area contributed by atoms with Gasteiger partial charge in [0.2, 0.25) is 0 Å². The van der Waals surface area contributed by atoms with E-state index in [1.165, 1.54) is 0 Å². The van der Waals surface area contributed by atoms with Crippen molar-refractivity contribution in [2.24, 2.45) is 0 Å². The van der Waals surface area contributed by atoms with Crippen molar-refractivity contribution < 1.29 is 28.8 Å². The first-order valence-electron chi connectivity index (χ1n) is 6.28. The van der Waals surface area contributed by atoms with Crippen LogP contribution in [-0.2, 0) is 23.7 Å². The van der Waals surface area contributed by atoms with Crippen molar-refractivity contribution in [3.05, 3.63) is 0 Å². The summed E-state index contributed by atoms with van der Waals surface area (Å²) < 4.78 is 28.1. The molecule has 5 atom stereocenters. The molecule has 18 heavy (non-hydrogen) atoms. The number of aliphatic hydroxyl groups is 1. The van der Waals surface area contributed by atoms with E-state index in [-0.39, 0.29) is 6.10 Å². The molecule has 6 heteroatoms. The molecule has 3 saturated heterocycles. The van der Waals surface area contributed by atoms with Crippen LogP contribution in [0.3, 0.4) is 0 Å². The molecule has 0 radical (unpaired) electrons. The summed E-state index contributed by atoms with van der Waals surface area (Å²) in [6.07, 6.45) is -2.53. The summed E-state index contributed by atoms with van der Waals surface area (Å²) in [5, 5.41) is 10.3. The van der Waals surface area contributed by atoms with Crippen molar-refractivity contribution in [3.63, 3.8) is 0 Å². The molecule has 0 aromatic heterocycles. The number of hydrogen-bond donors (Lipinski definition) is 1. The van der Waals surface area contributed by atoms with Gasteiger partial charge in [-0.05, 0) is 27.7 Å². The van der Waals surface area contributed by atoms with Crippen molar-refractivity contribution in [2.45, 2.75) is 70.0 Å². The molecule has 0 aliphatic carbocycles. The number of hydrogen-bond acceptors (Lipinski definition) is 6. The van der Waals surface area contributed by atoms with Gasteiger partial charge in [-0.2, -0.15) is 0 Å². The van der Waals surface area contributed by atoms with Crippen LogP contribution in [0.4, 0.5) is 0 Å². The zero-order valence-corrected chi connectivity index (χ0v) is 11.1. The van der Waals surface area contributed by atoms with Gasteiger partial charge >= 0.3 is 0 Å². The maximum Gasteiger partial charge on any atom is 0.190 e. The van der Waals surface area contributed by atoms with Gasteiger partial charge < -0.3 is 28.8 Å². The van der Waals surface area contributed by atoms with Crippen LogP contribution in [0.2, 0.25) is 0 Å². The lowest BCUT2D eigenvalue weighted by molar-refractivity contribution is -0.232. The van der Waals surface area contributed by atoms with Crippen LogP contribution in [-0.4, -0.2) is 54.0 Å². The standard InChI is InChI=1S/C12H20O6/c1-11(2)14-5-6(16-11)8-7(13)9-10(15-8)18-12(3,4)17-9/h6-10,13H,5H2,1-4H3/t6-,7-,8-,9-,10-/m0/s1. The van der Waals surface area contributed by atoms with Gasteiger partial charge in [0.25, 0.3) is 0 Å². The van der Waals surface area contributed by atoms with E-state index < -0.39 is 36.2 Å². The molecular formula is C12H20O6. The van der Waals surface area contributed by atoms with E-state index in [1.54, 1.807) is 13.8 Å². The van der Waals surface area contributed by atoms with Crippen LogP contribution in [0.25, 0.3) is 0 Å². The van der Waals surface area contributed by atoms with E-state index in [0.717, 1.165) is 0 Å². The lowest BCUT2D eigenvalue weighted by Crippen LogP contribution is -2.42. The van der Waals surface area contributed by atoms with Gasteiger partial charge in [-0.15, -0.1) is 0 Å². The molecule has 0 spiro atoms. The largest absolute Gasteiger partial charge is 0.387 e. The Morgan fingerprint density at radius 1 is 0.944 bits per heavy atom. The Labute approximate surface area is 106 Å². The molecule has 3 rings (SSSR count). The quantitative estimate of drug-likeness (QED) is 0.735. The maximum atomic E-state index is 10.3. The van der Waals surface area contributed by atoms with Gasteiger partial charge in [0.1, 0.15) is 24.4 Å². The predicted octanol–water partition coefficient (Wildman–Crippen LogP) is 0.375. The highest BCUT2D eigenvalue weighted by Gasteiger charge is 2.57. The average Bonchev–Trinajstić information content (AvgIpc) is 2.81. The Morgan fingerprint density at radius 3 is 2.22 bits per heavy atom. The van der Waals surface area contributed by atoms with Crippen LogP contribution in [0.5, 0.6) is 0 Å². The molecule has 6 nitrogen and oxygen atoms in total. The maximum absolute atomic E-state index is 10.3. The zero-order valence-electron chi connectivity index (χ0n) is 11.1. The average molecular weight is 260 g/mol. The van der Waals surface area contributed by atoms with Gasteiger partial charge in [-0.1, -0.05) is 0 Å². The zero-order chi connectivity index (χ0) is 13.1. The van der Waals surface area contributed by atoms with Gasteiger partial charge in [-0.25, -0.2) is 0 Å². The van der Waals surface area contributed by atoms with Crippen LogP contribution in [0, 0.1) is 0 Å². The summed E-state index contributed by atoms with van der Waals surface area (Å²) in [4.78, 5) is 0. The SMILES string of the molecule is CC1(C)O[C@@H]2O[C@@H]([C@@H]3COC(C)(C)O3)[C@H](O)[C@@H]2O1. The van der Waals surface area contributed by atoms with E-state index in [1.807, 2.05) is 13.8 Å². The summed E-state index contributed by atoms with van der Waals surface area (Å²) in [5.41, 5.74) is 0. The van der Waals surface area contributed by atoms with E-state index in [0.29, 0.717) is 6.61 Å². The van der Waals surface area contributed by atoms with E-state index in [4.69, 9.17) is 23.7 Å². The molecule has 3 aliphatic heterocycles. The topological polar surface area (TPSA) is 66.4 Å². The van der Waals surface area contributed by atoms with Gasteiger partial charge in [0.15, 0.2) is 17.9 Å². The lowest BCUT2D eigenvalue weighted by atomic mass is 10.1. The normalized spacial score (nSPS) is 49.5. The van der Waals surface area contributed by atoms with Crippen LogP contribution in [0.1, 0.15) is 27.7 Å². The second-order valence-corrected chi connectivity index (χ2v) is 5.93. The van der Waals surface area contributed by atoms with Crippen molar-refractivity contribution in [2.75, 3.05) is 6.61 Å². The molecule has 1 N–H and O–H groups in total. The Kier molecular flexibility index (Phi) is 2.75. The fourth-order valence-electron chi connectivity index (χ4n) is 2.70. The van der Waals surface area contributed by atoms with E-state index >= 15 is 0 Å². The minimum absolute atomic E-state index is 0.295. The summed E-state index contributed by atoms with van der Waals surface area (Å²) >= 11 is 0. The number of ether oxygens (including phenoxy) is 5. The first-order chi connectivity index (χ1) is 8.27. The summed E-state index contributed by atoms with van der Waals surface area (Å²) in [5.74, 6) is -1.35. The fourth-order valence-corrected chi connectivity index (χ4v) is 2.70. The van der Waals surface area contributed by atoms with Gasteiger partial charge in [-0.3, -0.25) is 0 Å². The monoisotopic (exact) mass is 260 g/mol. The first kappa shape index (κ1) is 12.8. The minimum atomic E-state index is -0.765. The highest BCUT2D eigenvalue weighted by molar-refractivity contribution is 4.97. The molecule has 3 fully saturated rings. The molecule has 0 unspecified atom stereocenters. The summed E-state index contributed by atoms with van der Waals surface area (Å²) in [6, 6.07) is 0. The van der Waals surface area contributed by atoms with Gasteiger partial charge in [0.05, 0.1) is 6.61 Å².